The number of carbonyl (C=O) groups excluding carboxylic acids is 1. The second kappa shape index (κ2) is 4.24. The standard InChI is InChI=1S/C7H10O2S/c1-4-5(2)9-7(8)6(3)10/h1,5-6,10H,2-3H3. The van der Waals surface area contributed by atoms with Gasteiger partial charge in [0.05, 0.1) is 5.25 Å². The molecular weight excluding hydrogens is 148 g/mol. The van der Waals surface area contributed by atoms with E-state index in [1.807, 2.05) is 0 Å². The monoisotopic (exact) mass is 158 g/mol. The molecule has 2 atom stereocenters. The molecule has 0 aromatic heterocycles. The lowest BCUT2D eigenvalue weighted by atomic mass is 10.4. The molecule has 0 heterocycles. The first-order valence-corrected chi connectivity index (χ1v) is 3.44. The summed E-state index contributed by atoms with van der Waals surface area (Å²) in [6.45, 7) is 3.27. The Hall–Kier alpha value is -0.620. The highest BCUT2D eigenvalue weighted by molar-refractivity contribution is 7.81. The number of carbonyl (C=O) groups is 1. The summed E-state index contributed by atoms with van der Waals surface area (Å²) in [6, 6.07) is 0. The van der Waals surface area contributed by atoms with Crippen molar-refractivity contribution in [3.8, 4) is 12.3 Å². The smallest absolute Gasteiger partial charge is 0.319 e. The van der Waals surface area contributed by atoms with Gasteiger partial charge in [-0.25, -0.2) is 0 Å². The second-order valence-corrected chi connectivity index (χ2v) is 2.70. The van der Waals surface area contributed by atoms with Gasteiger partial charge in [-0.15, -0.1) is 6.42 Å². The van der Waals surface area contributed by atoms with Crippen LogP contribution < -0.4 is 0 Å². The van der Waals surface area contributed by atoms with Crippen LogP contribution in [0.15, 0.2) is 0 Å². The molecule has 56 valence electrons. The molecule has 3 heteroatoms. The van der Waals surface area contributed by atoms with E-state index in [4.69, 9.17) is 11.2 Å². The van der Waals surface area contributed by atoms with Crippen LogP contribution >= 0.6 is 12.6 Å². The SMILES string of the molecule is C#CC(C)OC(=O)C(C)S. The van der Waals surface area contributed by atoms with Crippen molar-refractivity contribution in [3.63, 3.8) is 0 Å². The lowest BCUT2D eigenvalue weighted by molar-refractivity contribution is -0.144. The fraction of sp³-hybridized carbons (Fsp3) is 0.571. The van der Waals surface area contributed by atoms with Crippen molar-refractivity contribution < 1.29 is 9.53 Å². The van der Waals surface area contributed by atoms with Crippen molar-refractivity contribution in [2.45, 2.75) is 25.2 Å². The number of rotatable bonds is 2. The first kappa shape index (κ1) is 9.38. The predicted octanol–water partition coefficient (Wildman–Crippen LogP) is 0.870. The zero-order valence-corrected chi connectivity index (χ0v) is 6.89. The Bertz CT molecular complexity index is 157. The van der Waals surface area contributed by atoms with Crippen molar-refractivity contribution in [3.05, 3.63) is 0 Å². The third kappa shape index (κ3) is 3.41. The summed E-state index contributed by atoms with van der Waals surface area (Å²) in [5.41, 5.74) is 0. The highest BCUT2D eigenvalue weighted by Crippen LogP contribution is 1.98. The number of terminal acetylenes is 1. The Morgan fingerprint density at radius 1 is 1.70 bits per heavy atom. The van der Waals surface area contributed by atoms with Crippen LogP contribution in [-0.2, 0) is 9.53 Å². The van der Waals surface area contributed by atoms with Gasteiger partial charge in [0.1, 0.15) is 0 Å². The molecular formula is C7H10O2S. The summed E-state index contributed by atoms with van der Waals surface area (Å²) in [6.07, 6.45) is 4.51. The molecule has 0 N–H and O–H groups in total. The number of thiol groups is 1. The van der Waals surface area contributed by atoms with Gasteiger partial charge in [0, 0.05) is 0 Å². The molecule has 0 aromatic rings. The fourth-order valence-corrected chi connectivity index (χ4v) is 0.368. The van der Waals surface area contributed by atoms with Crippen LogP contribution in [0.2, 0.25) is 0 Å². The highest BCUT2D eigenvalue weighted by atomic mass is 32.1. The molecule has 10 heavy (non-hydrogen) atoms. The molecule has 2 nitrogen and oxygen atoms in total. The van der Waals surface area contributed by atoms with E-state index in [9.17, 15) is 4.79 Å². The topological polar surface area (TPSA) is 26.3 Å². The molecule has 0 radical (unpaired) electrons. The maximum Gasteiger partial charge on any atom is 0.319 e. The minimum Gasteiger partial charge on any atom is -0.449 e. The summed E-state index contributed by atoms with van der Waals surface area (Å²) < 4.78 is 4.71. The average Bonchev–Trinajstić information content (AvgIpc) is 1.87. The number of hydrogen-bond acceptors (Lipinski definition) is 3. The van der Waals surface area contributed by atoms with E-state index in [1.54, 1.807) is 13.8 Å². The van der Waals surface area contributed by atoms with Gasteiger partial charge in [0.25, 0.3) is 0 Å². The van der Waals surface area contributed by atoms with Gasteiger partial charge in [-0.1, -0.05) is 5.92 Å². The zero-order chi connectivity index (χ0) is 8.15. The van der Waals surface area contributed by atoms with Crippen LogP contribution in [0.25, 0.3) is 0 Å². The maximum atomic E-state index is 10.7. The third-order valence-electron chi connectivity index (χ3n) is 0.869. The molecule has 2 unspecified atom stereocenters. The zero-order valence-electron chi connectivity index (χ0n) is 6.00. The molecule has 0 spiro atoms. The van der Waals surface area contributed by atoms with Gasteiger partial charge < -0.3 is 4.74 Å². The Labute approximate surface area is 66.4 Å². The van der Waals surface area contributed by atoms with Crippen LogP contribution in [0.3, 0.4) is 0 Å². The number of ether oxygens (including phenoxy) is 1. The van der Waals surface area contributed by atoms with E-state index in [-0.39, 0.29) is 5.97 Å². The summed E-state index contributed by atoms with van der Waals surface area (Å²) in [5, 5.41) is -0.407. The van der Waals surface area contributed by atoms with Gasteiger partial charge in [-0.2, -0.15) is 12.6 Å². The number of esters is 1. The summed E-state index contributed by atoms with van der Waals surface area (Å²) in [5.74, 6) is 1.89. The average molecular weight is 158 g/mol. The maximum absolute atomic E-state index is 10.7. The molecule has 0 aliphatic heterocycles. The molecule has 0 amide bonds. The molecule has 0 bridgehead atoms. The van der Waals surface area contributed by atoms with Crippen LogP contribution in [0, 0.1) is 12.3 Å². The molecule has 0 aliphatic rings. The van der Waals surface area contributed by atoms with Gasteiger partial charge in [-0.3, -0.25) is 4.79 Å². The van der Waals surface area contributed by atoms with Crippen molar-refractivity contribution in [1.29, 1.82) is 0 Å². The van der Waals surface area contributed by atoms with Crippen LogP contribution in [0.5, 0.6) is 0 Å². The van der Waals surface area contributed by atoms with Crippen molar-refractivity contribution in [1.82, 2.24) is 0 Å². The molecule has 0 saturated heterocycles. The van der Waals surface area contributed by atoms with Gasteiger partial charge in [0.2, 0.25) is 0 Å². The molecule has 0 fully saturated rings. The predicted molar refractivity (Wildman–Crippen MR) is 42.8 cm³/mol. The highest BCUT2D eigenvalue weighted by Gasteiger charge is 2.11. The quantitative estimate of drug-likeness (QED) is 0.366. The number of hydrogen-bond donors (Lipinski definition) is 1. The van der Waals surface area contributed by atoms with E-state index in [1.165, 1.54) is 0 Å². The largest absolute Gasteiger partial charge is 0.449 e. The summed E-state index contributed by atoms with van der Waals surface area (Å²) in [7, 11) is 0. The Kier molecular flexibility index (Phi) is 3.97. The second-order valence-electron chi connectivity index (χ2n) is 1.92. The Morgan fingerprint density at radius 2 is 2.20 bits per heavy atom. The van der Waals surface area contributed by atoms with E-state index in [0.29, 0.717) is 0 Å². The first-order chi connectivity index (χ1) is 4.57. The summed E-state index contributed by atoms with van der Waals surface area (Å²) >= 11 is 3.86. The van der Waals surface area contributed by atoms with Gasteiger partial charge >= 0.3 is 5.97 Å². The normalized spacial score (nSPS) is 15.0. The van der Waals surface area contributed by atoms with Crippen molar-refractivity contribution >= 4 is 18.6 Å². The first-order valence-electron chi connectivity index (χ1n) is 2.92. The Balaban J connectivity index is 3.71. The van der Waals surface area contributed by atoms with Crippen molar-refractivity contribution in [2.24, 2.45) is 0 Å². The Morgan fingerprint density at radius 3 is 2.50 bits per heavy atom. The van der Waals surface area contributed by atoms with Crippen LogP contribution in [0.4, 0.5) is 0 Å². The van der Waals surface area contributed by atoms with E-state index < -0.39 is 11.4 Å². The molecule has 0 saturated carbocycles. The van der Waals surface area contributed by atoms with Crippen molar-refractivity contribution in [2.75, 3.05) is 0 Å². The lowest BCUT2D eigenvalue weighted by Gasteiger charge is -2.07. The third-order valence-corrected chi connectivity index (χ3v) is 1.08. The molecule has 0 aliphatic carbocycles. The lowest BCUT2D eigenvalue weighted by Crippen LogP contribution is -2.19. The van der Waals surface area contributed by atoms with Crippen LogP contribution in [-0.4, -0.2) is 17.3 Å². The summed E-state index contributed by atoms with van der Waals surface area (Å²) in [4.78, 5) is 10.7. The minimum absolute atomic E-state index is 0.381. The van der Waals surface area contributed by atoms with E-state index >= 15 is 0 Å². The van der Waals surface area contributed by atoms with Crippen LogP contribution in [0.1, 0.15) is 13.8 Å². The van der Waals surface area contributed by atoms with Gasteiger partial charge in [0.15, 0.2) is 6.10 Å². The van der Waals surface area contributed by atoms with E-state index in [2.05, 4.69) is 18.5 Å². The van der Waals surface area contributed by atoms with Gasteiger partial charge in [-0.05, 0) is 13.8 Å². The molecule has 0 aromatic carbocycles. The minimum atomic E-state index is -0.456. The fourth-order valence-electron chi connectivity index (χ4n) is 0.307. The van der Waals surface area contributed by atoms with E-state index in [0.717, 1.165) is 0 Å². The molecule has 0 rings (SSSR count).